The lowest BCUT2D eigenvalue weighted by Gasteiger charge is -2.12. The average Bonchev–Trinajstić information content (AvgIpc) is 2.86. The van der Waals surface area contributed by atoms with Crippen LogP contribution >= 0.6 is 11.3 Å². The maximum Gasteiger partial charge on any atom is 0.137 e. The fraction of sp³-hybridized carbons (Fsp3) is 0.400. The minimum Gasteiger partial charge on any atom is -0.308 e. The van der Waals surface area contributed by atoms with Crippen molar-refractivity contribution in [1.82, 2.24) is 20.1 Å². The summed E-state index contributed by atoms with van der Waals surface area (Å²) in [7, 11) is 0. The van der Waals surface area contributed by atoms with E-state index < -0.39 is 0 Å². The van der Waals surface area contributed by atoms with Gasteiger partial charge in [-0.3, -0.25) is 4.68 Å². The van der Waals surface area contributed by atoms with Gasteiger partial charge in [0, 0.05) is 12.6 Å². The van der Waals surface area contributed by atoms with E-state index in [1.165, 1.54) is 5.56 Å². The van der Waals surface area contributed by atoms with Crippen LogP contribution in [0.4, 0.5) is 0 Å². The van der Waals surface area contributed by atoms with Crippen molar-refractivity contribution in [3.63, 3.8) is 0 Å². The Morgan fingerprint density at radius 3 is 3.20 bits per heavy atom. The molecule has 1 N–H and O–H groups in total. The number of rotatable bonds is 5. The normalized spacial score (nSPS) is 12.9. The Labute approximate surface area is 93.0 Å². The van der Waals surface area contributed by atoms with Crippen molar-refractivity contribution < 1.29 is 0 Å². The van der Waals surface area contributed by atoms with E-state index >= 15 is 0 Å². The molecule has 0 saturated carbocycles. The van der Waals surface area contributed by atoms with E-state index in [4.69, 9.17) is 0 Å². The topological polar surface area (TPSA) is 42.7 Å². The number of hydrogen-bond acceptors (Lipinski definition) is 4. The molecule has 2 aromatic heterocycles. The van der Waals surface area contributed by atoms with Crippen molar-refractivity contribution in [3.05, 3.63) is 35.0 Å². The molecule has 0 bridgehead atoms. The Morgan fingerprint density at radius 1 is 1.60 bits per heavy atom. The summed E-state index contributed by atoms with van der Waals surface area (Å²) in [6.07, 6.45) is 3.30. The van der Waals surface area contributed by atoms with Crippen LogP contribution in [0.15, 0.2) is 29.5 Å². The van der Waals surface area contributed by atoms with E-state index in [9.17, 15) is 0 Å². The second-order valence-corrected chi connectivity index (χ2v) is 4.31. The molecular formula is C10H14N4S. The van der Waals surface area contributed by atoms with E-state index in [0.29, 0.717) is 6.04 Å². The SMILES string of the molecule is C[C@H](Cn1cncn1)NCc1ccsc1. The van der Waals surface area contributed by atoms with E-state index in [2.05, 4.69) is 39.1 Å². The van der Waals surface area contributed by atoms with Crippen molar-refractivity contribution in [2.24, 2.45) is 0 Å². The fourth-order valence-electron chi connectivity index (χ4n) is 1.36. The van der Waals surface area contributed by atoms with Gasteiger partial charge in [-0.2, -0.15) is 16.4 Å². The molecule has 0 fully saturated rings. The molecule has 15 heavy (non-hydrogen) atoms. The summed E-state index contributed by atoms with van der Waals surface area (Å²) in [6, 6.07) is 2.53. The Hall–Kier alpha value is -1.20. The largest absolute Gasteiger partial charge is 0.308 e. The van der Waals surface area contributed by atoms with Crippen molar-refractivity contribution in [2.75, 3.05) is 0 Å². The summed E-state index contributed by atoms with van der Waals surface area (Å²) in [5.41, 5.74) is 1.34. The molecule has 80 valence electrons. The monoisotopic (exact) mass is 222 g/mol. The summed E-state index contributed by atoms with van der Waals surface area (Å²) in [6.45, 7) is 3.91. The van der Waals surface area contributed by atoms with Gasteiger partial charge in [0.15, 0.2) is 0 Å². The minimum absolute atomic E-state index is 0.395. The highest BCUT2D eigenvalue weighted by atomic mass is 32.1. The smallest absolute Gasteiger partial charge is 0.137 e. The molecule has 0 aliphatic heterocycles. The Kier molecular flexibility index (Phi) is 3.47. The second kappa shape index (κ2) is 5.04. The van der Waals surface area contributed by atoms with Gasteiger partial charge in [-0.25, -0.2) is 4.98 Å². The fourth-order valence-corrected chi connectivity index (χ4v) is 2.03. The van der Waals surface area contributed by atoms with Gasteiger partial charge in [-0.15, -0.1) is 0 Å². The van der Waals surface area contributed by atoms with Crippen LogP contribution in [0, 0.1) is 0 Å². The van der Waals surface area contributed by atoms with Crippen LogP contribution in [0.1, 0.15) is 12.5 Å². The van der Waals surface area contributed by atoms with Crippen molar-refractivity contribution in [3.8, 4) is 0 Å². The first-order valence-corrected chi connectivity index (χ1v) is 5.86. The molecule has 4 nitrogen and oxygen atoms in total. The van der Waals surface area contributed by atoms with Crippen LogP contribution in [0.25, 0.3) is 0 Å². The van der Waals surface area contributed by atoms with Gasteiger partial charge in [0.25, 0.3) is 0 Å². The van der Waals surface area contributed by atoms with Gasteiger partial charge in [0.2, 0.25) is 0 Å². The Bertz CT molecular complexity index is 368. The maximum absolute atomic E-state index is 4.07. The van der Waals surface area contributed by atoms with Crippen LogP contribution in [-0.4, -0.2) is 20.8 Å². The van der Waals surface area contributed by atoms with E-state index in [0.717, 1.165) is 13.1 Å². The summed E-state index contributed by atoms with van der Waals surface area (Å²) in [5.74, 6) is 0. The lowest BCUT2D eigenvalue weighted by molar-refractivity contribution is 0.450. The third-order valence-corrected chi connectivity index (χ3v) is 2.89. The van der Waals surface area contributed by atoms with E-state index in [1.54, 1.807) is 24.0 Å². The van der Waals surface area contributed by atoms with Gasteiger partial charge in [0.05, 0.1) is 6.54 Å². The summed E-state index contributed by atoms with van der Waals surface area (Å²) < 4.78 is 1.84. The number of aromatic nitrogens is 3. The average molecular weight is 222 g/mol. The molecule has 0 unspecified atom stereocenters. The molecule has 0 amide bonds. The van der Waals surface area contributed by atoms with E-state index in [1.807, 2.05) is 4.68 Å². The zero-order valence-electron chi connectivity index (χ0n) is 8.63. The molecule has 0 spiro atoms. The van der Waals surface area contributed by atoms with Crippen LogP contribution in [0.3, 0.4) is 0 Å². The third-order valence-electron chi connectivity index (χ3n) is 2.16. The van der Waals surface area contributed by atoms with E-state index in [-0.39, 0.29) is 0 Å². The highest BCUT2D eigenvalue weighted by Crippen LogP contribution is 2.05. The van der Waals surface area contributed by atoms with Gasteiger partial charge in [-0.05, 0) is 29.3 Å². The molecule has 0 aliphatic rings. The summed E-state index contributed by atoms with van der Waals surface area (Å²) in [4.78, 5) is 3.91. The Balaban J connectivity index is 1.76. The molecule has 0 aliphatic carbocycles. The van der Waals surface area contributed by atoms with Crippen molar-refractivity contribution in [2.45, 2.75) is 26.1 Å². The predicted octanol–water partition coefficient (Wildman–Crippen LogP) is 1.52. The predicted molar refractivity (Wildman–Crippen MR) is 60.6 cm³/mol. The van der Waals surface area contributed by atoms with Gasteiger partial charge >= 0.3 is 0 Å². The number of nitrogens with one attached hydrogen (secondary N) is 1. The van der Waals surface area contributed by atoms with Crippen LogP contribution in [0.2, 0.25) is 0 Å². The molecule has 2 heterocycles. The molecule has 0 radical (unpaired) electrons. The molecule has 5 heteroatoms. The second-order valence-electron chi connectivity index (χ2n) is 3.53. The molecule has 2 rings (SSSR count). The van der Waals surface area contributed by atoms with Crippen LogP contribution in [0.5, 0.6) is 0 Å². The van der Waals surface area contributed by atoms with Crippen LogP contribution in [-0.2, 0) is 13.1 Å². The zero-order valence-corrected chi connectivity index (χ0v) is 9.44. The van der Waals surface area contributed by atoms with Gasteiger partial charge in [-0.1, -0.05) is 0 Å². The highest BCUT2D eigenvalue weighted by Gasteiger charge is 2.02. The zero-order chi connectivity index (χ0) is 10.5. The lowest BCUT2D eigenvalue weighted by Crippen LogP contribution is -2.29. The first kappa shape index (κ1) is 10.3. The number of thiophene rings is 1. The van der Waals surface area contributed by atoms with Crippen LogP contribution < -0.4 is 5.32 Å². The van der Waals surface area contributed by atoms with Gasteiger partial charge < -0.3 is 5.32 Å². The molecular weight excluding hydrogens is 208 g/mol. The minimum atomic E-state index is 0.395. The van der Waals surface area contributed by atoms with Gasteiger partial charge in [0.1, 0.15) is 12.7 Å². The number of nitrogens with zero attached hydrogens (tertiary/aromatic N) is 3. The first-order valence-electron chi connectivity index (χ1n) is 4.91. The maximum atomic E-state index is 4.07. The Morgan fingerprint density at radius 2 is 2.53 bits per heavy atom. The molecule has 2 aromatic rings. The molecule has 0 saturated heterocycles. The third kappa shape index (κ3) is 3.14. The summed E-state index contributed by atoms with van der Waals surface area (Å²) in [5, 5.41) is 11.8. The molecule has 1 atom stereocenters. The molecule has 0 aromatic carbocycles. The summed E-state index contributed by atoms with van der Waals surface area (Å²) >= 11 is 1.73. The standard InChI is InChI=1S/C10H14N4S/c1-9(5-14-8-11-7-13-14)12-4-10-2-3-15-6-10/h2-3,6-9,12H,4-5H2,1H3/t9-/m1/s1. The quantitative estimate of drug-likeness (QED) is 0.834. The first-order chi connectivity index (χ1) is 7.34. The highest BCUT2D eigenvalue weighted by molar-refractivity contribution is 7.07. The lowest BCUT2D eigenvalue weighted by atomic mass is 10.3. The number of hydrogen-bond donors (Lipinski definition) is 1. The van der Waals surface area contributed by atoms with Crippen molar-refractivity contribution in [1.29, 1.82) is 0 Å². The van der Waals surface area contributed by atoms with Crippen molar-refractivity contribution >= 4 is 11.3 Å².